The molecule has 2 N–H and O–H groups in total. The first-order valence-corrected chi connectivity index (χ1v) is 10.6. The van der Waals surface area contributed by atoms with Crippen molar-refractivity contribution in [3.05, 3.63) is 17.5 Å². The molecule has 0 amide bonds. The lowest BCUT2D eigenvalue weighted by Crippen LogP contribution is -2.56. The first-order valence-electron chi connectivity index (χ1n) is 10.6. The number of aromatic amines is 1. The normalized spacial score (nSPS) is 25.9. The number of piperazine rings is 1. The lowest BCUT2D eigenvalue weighted by atomic mass is 9.86. The molecular weight excluding hydrogens is 354 g/mol. The number of carboxylic acid groups (broad SMARTS) is 1. The predicted molar refractivity (Wildman–Crippen MR) is 110 cm³/mol. The van der Waals surface area contributed by atoms with Gasteiger partial charge in [-0.25, -0.2) is 0 Å². The van der Waals surface area contributed by atoms with Crippen molar-refractivity contribution < 1.29 is 9.90 Å². The molecule has 0 bridgehead atoms. The zero-order valence-corrected chi connectivity index (χ0v) is 17.9. The highest BCUT2D eigenvalue weighted by molar-refractivity contribution is 5.66. The van der Waals surface area contributed by atoms with E-state index in [1.54, 1.807) is 0 Å². The largest absolute Gasteiger partial charge is 0.481 e. The number of hydrogen-bond donors (Lipinski definition) is 2. The van der Waals surface area contributed by atoms with Crippen LogP contribution in [0.3, 0.4) is 0 Å². The number of carboxylic acids is 1. The Kier molecular flexibility index (Phi) is 6.78. The topological polar surface area (TPSA) is 75.7 Å². The highest BCUT2D eigenvalue weighted by Gasteiger charge is 2.34. The van der Waals surface area contributed by atoms with Crippen LogP contribution in [-0.2, 0) is 16.8 Å². The van der Waals surface area contributed by atoms with Gasteiger partial charge >= 0.3 is 5.97 Å². The Morgan fingerprint density at radius 3 is 2.57 bits per heavy atom. The summed E-state index contributed by atoms with van der Waals surface area (Å²) in [5.41, 5.74) is 2.30. The second-order valence-electron chi connectivity index (χ2n) is 9.65. The fourth-order valence-corrected chi connectivity index (χ4v) is 4.53. The number of nitrogens with one attached hydrogen (secondary N) is 1. The van der Waals surface area contributed by atoms with Crippen LogP contribution >= 0.6 is 0 Å². The molecule has 7 heteroatoms. The number of likely N-dealkylation sites (tertiary alicyclic amines) is 1. The molecule has 0 radical (unpaired) electrons. The van der Waals surface area contributed by atoms with E-state index in [1.807, 2.05) is 0 Å². The SMILES string of the molecule is CN1CCN([C@H]2CCN(Cc3cc(C(C)(C)C)n[nH]3)C[C@H]2CCC(=O)O)CC1. The highest BCUT2D eigenvalue weighted by atomic mass is 16.4. The zero-order valence-electron chi connectivity index (χ0n) is 17.9. The zero-order chi connectivity index (χ0) is 20.3. The maximum Gasteiger partial charge on any atom is 0.303 e. The van der Waals surface area contributed by atoms with Gasteiger partial charge in [0, 0.05) is 69.4 Å². The van der Waals surface area contributed by atoms with Crippen molar-refractivity contribution in [2.45, 2.75) is 58.0 Å². The fraction of sp³-hybridized carbons (Fsp3) is 0.810. The van der Waals surface area contributed by atoms with E-state index < -0.39 is 5.97 Å². The molecule has 3 heterocycles. The van der Waals surface area contributed by atoms with Gasteiger partial charge in [0.15, 0.2) is 0 Å². The second kappa shape index (κ2) is 8.93. The molecule has 1 aromatic heterocycles. The van der Waals surface area contributed by atoms with E-state index in [9.17, 15) is 9.90 Å². The summed E-state index contributed by atoms with van der Waals surface area (Å²) in [6.07, 6.45) is 2.15. The number of aliphatic carboxylic acids is 1. The average Bonchev–Trinajstić information content (AvgIpc) is 3.10. The number of rotatable bonds is 6. The van der Waals surface area contributed by atoms with Crippen molar-refractivity contribution in [1.29, 1.82) is 0 Å². The molecule has 1 aromatic rings. The van der Waals surface area contributed by atoms with Crippen LogP contribution in [-0.4, -0.2) is 88.3 Å². The molecule has 2 aliphatic rings. The molecule has 0 saturated carbocycles. The maximum absolute atomic E-state index is 11.2. The lowest BCUT2D eigenvalue weighted by molar-refractivity contribution is -0.137. The van der Waals surface area contributed by atoms with Crippen molar-refractivity contribution in [2.75, 3.05) is 46.3 Å². The Balaban J connectivity index is 1.63. The molecular formula is C21H37N5O2. The molecule has 158 valence electrons. The Labute approximate surface area is 169 Å². The van der Waals surface area contributed by atoms with E-state index in [0.29, 0.717) is 12.0 Å². The summed E-state index contributed by atoms with van der Waals surface area (Å²) in [6.45, 7) is 13.8. The minimum Gasteiger partial charge on any atom is -0.481 e. The van der Waals surface area contributed by atoms with Crippen LogP contribution in [0.4, 0.5) is 0 Å². The fourth-order valence-electron chi connectivity index (χ4n) is 4.53. The Morgan fingerprint density at radius 1 is 1.25 bits per heavy atom. The standard InChI is InChI=1S/C21H37N5O2/c1-21(2,3)19-13-17(22-23-19)15-25-8-7-18(16(14-25)5-6-20(27)28)26-11-9-24(4)10-12-26/h13,16,18H,5-12,14-15H2,1-4H3,(H,22,23)(H,27,28)/t16-,18+/m1/s1. The Hall–Kier alpha value is -1.44. The number of piperidine rings is 1. The van der Waals surface area contributed by atoms with Gasteiger partial charge in [0.1, 0.15) is 0 Å². The van der Waals surface area contributed by atoms with Gasteiger partial charge in [0.2, 0.25) is 0 Å². The summed E-state index contributed by atoms with van der Waals surface area (Å²) in [5.74, 6) is -0.268. The van der Waals surface area contributed by atoms with E-state index >= 15 is 0 Å². The molecule has 2 aliphatic heterocycles. The maximum atomic E-state index is 11.2. The molecule has 0 spiro atoms. The number of aromatic nitrogens is 2. The van der Waals surface area contributed by atoms with E-state index in [2.05, 4.69) is 58.8 Å². The van der Waals surface area contributed by atoms with Gasteiger partial charge in [-0.3, -0.25) is 19.7 Å². The van der Waals surface area contributed by atoms with Crippen molar-refractivity contribution in [2.24, 2.45) is 5.92 Å². The van der Waals surface area contributed by atoms with Gasteiger partial charge in [-0.15, -0.1) is 0 Å². The van der Waals surface area contributed by atoms with Crippen LogP contribution in [0.2, 0.25) is 0 Å². The monoisotopic (exact) mass is 391 g/mol. The summed E-state index contributed by atoms with van der Waals surface area (Å²) in [7, 11) is 2.18. The third-order valence-electron chi connectivity index (χ3n) is 6.31. The summed E-state index contributed by atoms with van der Waals surface area (Å²) < 4.78 is 0. The molecule has 2 fully saturated rings. The predicted octanol–water partition coefficient (Wildman–Crippen LogP) is 2.01. The van der Waals surface area contributed by atoms with Crippen molar-refractivity contribution >= 4 is 5.97 Å². The smallest absolute Gasteiger partial charge is 0.303 e. The first kappa shape index (κ1) is 21.3. The molecule has 3 rings (SSSR count). The minimum absolute atomic E-state index is 0.0488. The Bertz CT molecular complexity index is 645. The summed E-state index contributed by atoms with van der Waals surface area (Å²) in [5, 5.41) is 16.9. The van der Waals surface area contributed by atoms with Gasteiger partial charge in [-0.05, 0) is 31.9 Å². The quantitative estimate of drug-likeness (QED) is 0.773. The van der Waals surface area contributed by atoms with Crippen molar-refractivity contribution in [3.63, 3.8) is 0 Å². The van der Waals surface area contributed by atoms with Gasteiger partial charge in [0.05, 0.1) is 5.69 Å². The summed E-state index contributed by atoms with van der Waals surface area (Å²) >= 11 is 0. The van der Waals surface area contributed by atoms with Gasteiger partial charge in [-0.2, -0.15) is 5.10 Å². The Morgan fingerprint density at radius 2 is 1.96 bits per heavy atom. The van der Waals surface area contributed by atoms with Crippen LogP contribution in [0.5, 0.6) is 0 Å². The number of H-pyrrole nitrogens is 1. The van der Waals surface area contributed by atoms with Gasteiger partial charge in [0.25, 0.3) is 0 Å². The van der Waals surface area contributed by atoms with Crippen LogP contribution in [0, 0.1) is 5.92 Å². The van der Waals surface area contributed by atoms with E-state index in [0.717, 1.165) is 70.0 Å². The van der Waals surface area contributed by atoms with Gasteiger partial charge in [-0.1, -0.05) is 20.8 Å². The molecule has 0 aliphatic carbocycles. The number of carbonyl (C=O) groups is 1. The van der Waals surface area contributed by atoms with Crippen molar-refractivity contribution in [3.8, 4) is 0 Å². The summed E-state index contributed by atoms with van der Waals surface area (Å²) in [4.78, 5) is 18.6. The lowest BCUT2D eigenvalue weighted by Gasteiger charge is -2.46. The van der Waals surface area contributed by atoms with E-state index in [4.69, 9.17) is 0 Å². The van der Waals surface area contributed by atoms with Crippen LogP contribution < -0.4 is 0 Å². The van der Waals surface area contributed by atoms with Crippen molar-refractivity contribution in [1.82, 2.24) is 24.9 Å². The molecule has 7 nitrogen and oxygen atoms in total. The molecule has 28 heavy (non-hydrogen) atoms. The highest BCUT2D eigenvalue weighted by Crippen LogP contribution is 2.28. The number of nitrogens with zero attached hydrogens (tertiary/aromatic N) is 4. The average molecular weight is 392 g/mol. The third kappa shape index (κ3) is 5.55. The number of hydrogen-bond acceptors (Lipinski definition) is 5. The molecule has 2 atom stereocenters. The van der Waals surface area contributed by atoms with E-state index in [1.165, 1.54) is 0 Å². The van der Waals surface area contributed by atoms with Crippen LogP contribution in [0.15, 0.2) is 6.07 Å². The summed E-state index contributed by atoms with van der Waals surface area (Å²) in [6, 6.07) is 2.69. The number of likely N-dealkylation sites (N-methyl/N-ethyl adjacent to an activating group) is 1. The second-order valence-corrected chi connectivity index (χ2v) is 9.65. The van der Waals surface area contributed by atoms with Gasteiger partial charge < -0.3 is 10.0 Å². The molecule has 2 saturated heterocycles. The van der Waals surface area contributed by atoms with E-state index in [-0.39, 0.29) is 11.8 Å². The molecule has 0 unspecified atom stereocenters. The third-order valence-corrected chi connectivity index (χ3v) is 6.31. The first-order chi connectivity index (χ1) is 13.2. The van der Waals surface area contributed by atoms with Crippen LogP contribution in [0.1, 0.15) is 51.4 Å². The molecule has 0 aromatic carbocycles. The van der Waals surface area contributed by atoms with Crippen LogP contribution in [0.25, 0.3) is 0 Å². The minimum atomic E-state index is -0.683.